The van der Waals surface area contributed by atoms with E-state index in [9.17, 15) is 9.90 Å². The highest BCUT2D eigenvalue weighted by Crippen LogP contribution is 2.39. The average molecular weight is 293 g/mol. The van der Waals surface area contributed by atoms with Crippen molar-refractivity contribution in [3.8, 4) is 0 Å². The van der Waals surface area contributed by atoms with Crippen LogP contribution in [0.15, 0.2) is 6.07 Å². The van der Waals surface area contributed by atoms with Gasteiger partial charge < -0.3 is 10.4 Å². The first-order valence-electron chi connectivity index (χ1n) is 7.80. The molecule has 2 N–H and O–H groups in total. The fourth-order valence-corrected chi connectivity index (χ4v) is 2.87. The number of nitrogens with zero attached hydrogens (tertiary/aromatic N) is 2. The predicted octanol–water partition coefficient (Wildman–Crippen LogP) is 2.27. The van der Waals surface area contributed by atoms with E-state index in [1.165, 1.54) is 0 Å². The number of nitrogens with one attached hydrogen (secondary N) is 1. The number of carbonyl (C=O) groups is 1. The number of carbonyl (C=O) groups excluding carboxylic acids is 1. The highest BCUT2D eigenvalue weighted by atomic mass is 16.3. The Morgan fingerprint density at radius 2 is 2.00 bits per heavy atom. The molecule has 0 atom stereocenters. The van der Waals surface area contributed by atoms with Crippen molar-refractivity contribution in [1.82, 2.24) is 15.1 Å². The molecular formula is C16H27N3O2. The van der Waals surface area contributed by atoms with E-state index in [1.54, 1.807) is 10.7 Å². The van der Waals surface area contributed by atoms with Crippen LogP contribution in [0.25, 0.3) is 0 Å². The van der Waals surface area contributed by atoms with E-state index in [2.05, 4.69) is 24.3 Å². The molecule has 21 heavy (non-hydrogen) atoms. The van der Waals surface area contributed by atoms with E-state index in [4.69, 9.17) is 0 Å². The molecule has 0 bridgehead atoms. The summed E-state index contributed by atoms with van der Waals surface area (Å²) in [7, 11) is 0. The van der Waals surface area contributed by atoms with Crippen LogP contribution in [0.3, 0.4) is 0 Å². The van der Waals surface area contributed by atoms with Crippen molar-refractivity contribution in [3.05, 3.63) is 17.5 Å². The van der Waals surface area contributed by atoms with E-state index in [1.807, 2.05) is 13.8 Å². The lowest BCUT2D eigenvalue weighted by Crippen LogP contribution is -2.46. The Morgan fingerprint density at radius 1 is 1.38 bits per heavy atom. The molecule has 5 nitrogen and oxygen atoms in total. The van der Waals surface area contributed by atoms with E-state index >= 15 is 0 Å². The van der Waals surface area contributed by atoms with E-state index in [0.29, 0.717) is 24.2 Å². The van der Waals surface area contributed by atoms with Crippen molar-refractivity contribution in [1.29, 1.82) is 0 Å². The Labute approximate surface area is 126 Å². The molecule has 1 fully saturated rings. The molecule has 1 aromatic rings. The third-order valence-corrected chi connectivity index (χ3v) is 4.55. The number of hydrogen-bond acceptors (Lipinski definition) is 3. The Hall–Kier alpha value is -1.36. The Bertz CT molecular complexity index is 510. The summed E-state index contributed by atoms with van der Waals surface area (Å²) in [5.41, 5.74) is 0.931. The van der Waals surface area contributed by atoms with Crippen LogP contribution in [-0.2, 0) is 6.54 Å². The Morgan fingerprint density at radius 3 is 2.57 bits per heavy atom. The second kappa shape index (κ2) is 5.79. The van der Waals surface area contributed by atoms with Crippen molar-refractivity contribution in [2.75, 3.05) is 6.54 Å². The van der Waals surface area contributed by atoms with Gasteiger partial charge in [-0.15, -0.1) is 0 Å². The van der Waals surface area contributed by atoms with Crippen molar-refractivity contribution >= 4 is 5.91 Å². The quantitative estimate of drug-likeness (QED) is 0.895. The highest BCUT2D eigenvalue weighted by Gasteiger charge is 2.36. The molecule has 0 saturated heterocycles. The van der Waals surface area contributed by atoms with Gasteiger partial charge in [0.1, 0.15) is 5.69 Å². The summed E-state index contributed by atoms with van der Waals surface area (Å²) in [6, 6.07) is 1.78. The van der Waals surface area contributed by atoms with E-state index < -0.39 is 5.60 Å². The first-order chi connectivity index (χ1) is 9.75. The molecule has 0 spiro atoms. The minimum absolute atomic E-state index is 0.157. The molecule has 2 rings (SSSR count). The first kappa shape index (κ1) is 16.0. The van der Waals surface area contributed by atoms with Gasteiger partial charge in [0.05, 0.1) is 11.3 Å². The number of hydrogen-bond donors (Lipinski definition) is 2. The molecule has 118 valence electrons. The number of rotatable bonds is 4. The predicted molar refractivity (Wildman–Crippen MR) is 82.2 cm³/mol. The summed E-state index contributed by atoms with van der Waals surface area (Å²) in [4.78, 5) is 12.3. The molecule has 1 heterocycles. The summed E-state index contributed by atoms with van der Waals surface area (Å²) in [5, 5.41) is 17.7. The van der Waals surface area contributed by atoms with E-state index in [-0.39, 0.29) is 5.91 Å². The van der Waals surface area contributed by atoms with Crippen LogP contribution in [0, 0.1) is 12.3 Å². The zero-order chi connectivity index (χ0) is 15.7. The second-order valence-electron chi connectivity index (χ2n) is 7.06. The molecule has 0 aromatic carbocycles. The minimum Gasteiger partial charge on any atom is -0.388 e. The van der Waals surface area contributed by atoms with Crippen molar-refractivity contribution < 1.29 is 9.90 Å². The number of aliphatic hydroxyl groups is 1. The van der Waals surface area contributed by atoms with Gasteiger partial charge in [-0.3, -0.25) is 9.48 Å². The Kier molecular flexibility index (Phi) is 4.42. The first-order valence-corrected chi connectivity index (χ1v) is 7.80. The minimum atomic E-state index is -0.767. The number of aryl methyl sites for hydroxylation is 2. The zero-order valence-electron chi connectivity index (χ0n) is 13.6. The van der Waals surface area contributed by atoms with Gasteiger partial charge in [0, 0.05) is 13.1 Å². The average Bonchev–Trinajstić information content (AvgIpc) is 2.81. The normalized spacial score (nSPS) is 20.2. The molecule has 1 aliphatic carbocycles. The molecule has 0 radical (unpaired) electrons. The van der Waals surface area contributed by atoms with Gasteiger partial charge in [-0.2, -0.15) is 5.10 Å². The second-order valence-corrected chi connectivity index (χ2v) is 7.06. The number of aromatic nitrogens is 2. The number of amides is 1. The van der Waals surface area contributed by atoms with Crippen molar-refractivity contribution in [3.63, 3.8) is 0 Å². The van der Waals surface area contributed by atoms with Crippen molar-refractivity contribution in [2.45, 2.75) is 65.5 Å². The van der Waals surface area contributed by atoms with Crippen LogP contribution in [0.1, 0.15) is 62.6 Å². The van der Waals surface area contributed by atoms with Crippen LogP contribution in [-0.4, -0.2) is 32.9 Å². The standard InChI is InChI=1S/C16H27N3O2/c1-5-19-13(10-12(2)18-19)14(20)17-11-16(21)8-6-15(3,4)7-9-16/h10,21H,5-9,11H2,1-4H3,(H,17,20). The van der Waals surface area contributed by atoms with Gasteiger partial charge in [-0.05, 0) is 51.0 Å². The fourth-order valence-electron chi connectivity index (χ4n) is 2.87. The largest absolute Gasteiger partial charge is 0.388 e. The third-order valence-electron chi connectivity index (χ3n) is 4.55. The molecule has 5 heteroatoms. The molecule has 1 aliphatic rings. The highest BCUT2D eigenvalue weighted by molar-refractivity contribution is 5.92. The van der Waals surface area contributed by atoms with Crippen LogP contribution < -0.4 is 5.32 Å². The van der Waals surface area contributed by atoms with Gasteiger partial charge in [-0.25, -0.2) is 0 Å². The van der Waals surface area contributed by atoms with Gasteiger partial charge in [0.2, 0.25) is 0 Å². The Balaban J connectivity index is 1.95. The summed E-state index contributed by atoms with van der Waals surface area (Å²) < 4.78 is 1.69. The van der Waals surface area contributed by atoms with Crippen LogP contribution >= 0.6 is 0 Å². The molecule has 0 aliphatic heterocycles. The van der Waals surface area contributed by atoms with Gasteiger partial charge in [-0.1, -0.05) is 13.8 Å². The monoisotopic (exact) mass is 293 g/mol. The van der Waals surface area contributed by atoms with Crippen molar-refractivity contribution in [2.24, 2.45) is 5.41 Å². The van der Waals surface area contributed by atoms with Gasteiger partial charge >= 0.3 is 0 Å². The molecule has 1 amide bonds. The lowest BCUT2D eigenvalue weighted by atomic mass is 9.71. The smallest absolute Gasteiger partial charge is 0.269 e. The maximum absolute atomic E-state index is 12.3. The van der Waals surface area contributed by atoms with Crippen LogP contribution in [0.2, 0.25) is 0 Å². The molecule has 1 saturated carbocycles. The molecule has 1 aromatic heterocycles. The fraction of sp³-hybridized carbons (Fsp3) is 0.750. The van der Waals surface area contributed by atoms with Crippen LogP contribution in [0.5, 0.6) is 0 Å². The third kappa shape index (κ3) is 3.84. The molecular weight excluding hydrogens is 266 g/mol. The zero-order valence-corrected chi connectivity index (χ0v) is 13.6. The van der Waals surface area contributed by atoms with Gasteiger partial charge in [0.15, 0.2) is 0 Å². The van der Waals surface area contributed by atoms with E-state index in [0.717, 1.165) is 31.4 Å². The lowest BCUT2D eigenvalue weighted by molar-refractivity contribution is -0.0233. The summed E-state index contributed by atoms with van der Waals surface area (Å²) in [6.45, 7) is 9.27. The van der Waals surface area contributed by atoms with Crippen LogP contribution in [0.4, 0.5) is 0 Å². The SMILES string of the molecule is CCn1nc(C)cc1C(=O)NCC1(O)CCC(C)(C)CC1. The summed E-state index contributed by atoms with van der Waals surface area (Å²) in [6.07, 6.45) is 3.47. The maximum atomic E-state index is 12.3. The lowest BCUT2D eigenvalue weighted by Gasteiger charge is -2.40. The topological polar surface area (TPSA) is 67.2 Å². The summed E-state index contributed by atoms with van der Waals surface area (Å²) >= 11 is 0. The maximum Gasteiger partial charge on any atom is 0.269 e. The molecule has 0 unspecified atom stereocenters. The van der Waals surface area contributed by atoms with Gasteiger partial charge in [0.25, 0.3) is 5.91 Å². The summed E-state index contributed by atoms with van der Waals surface area (Å²) in [5.74, 6) is -0.157.